The van der Waals surface area contributed by atoms with E-state index < -0.39 is 0 Å². The monoisotopic (exact) mass is 652 g/mol. The highest BCUT2D eigenvalue weighted by molar-refractivity contribution is 6.24. The number of furan rings is 1. The molecular weight excluding hydrogens is 621 g/mol. The predicted molar refractivity (Wildman–Crippen MR) is 214 cm³/mol. The number of hydrogen-bond acceptors (Lipinski definition) is 2. The predicted octanol–water partition coefficient (Wildman–Crippen LogP) is 13.5. The van der Waals surface area contributed by atoms with Crippen molar-refractivity contribution < 1.29 is 4.42 Å². The van der Waals surface area contributed by atoms with Crippen molar-refractivity contribution in [1.82, 2.24) is 4.57 Å². The summed E-state index contributed by atoms with van der Waals surface area (Å²) in [4.78, 5) is 2.34. The lowest BCUT2D eigenvalue weighted by molar-refractivity contribution is 0.673. The topological polar surface area (TPSA) is 21.3 Å². The Morgan fingerprint density at radius 2 is 0.902 bits per heavy atom. The van der Waals surface area contributed by atoms with Gasteiger partial charge in [-0.3, -0.25) is 0 Å². The largest absolute Gasteiger partial charge is 0.455 e. The van der Waals surface area contributed by atoms with Crippen LogP contribution in [-0.2, 0) is 0 Å². The average Bonchev–Trinajstić information content (AvgIpc) is 3.75. The highest BCUT2D eigenvalue weighted by atomic mass is 16.3. The molecule has 0 radical (unpaired) electrons. The van der Waals surface area contributed by atoms with Gasteiger partial charge in [-0.2, -0.15) is 0 Å². The van der Waals surface area contributed by atoms with Crippen LogP contribution < -0.4 is 4.90 Å². The summed E-state index contributed by atoms with van der Waals surface area (Å²) >= 11 is 0. The summed E-state index contributed by atoms with van der Waals surface area (Å²) in [7, 11) is 0. The van der Waals surface area contributed by atoms with E-state index in [0.29, 0.717) is 0 Å². The molecule has 10 aromatic rings. The van der Waals surface area contributed by atoms with Crippen LogP contribution in [0, 0.1) is 0 Å². The van der Waals surface area contributed by atoms with Gasteiger partial charge in [0.05, 0.1) is 16.4 Å². The van der Waals surface area contributed by atoms with Gasteiger partial charge in [0.25, 0.3) is 0 Å². The number of anilines is 3. The molecule has 0 N–H and O–H groups in total. The minimum Gasteiger partial charge on any atom is -0.455 e. The van der Waals surface area contributed by atoms with Crippen molar-refractivity contribution in [3.8, 4) is 27.9 Å². The number of fused-ring (bicyclic) bond motifs is 7. The minimum absolute atomic E-state index is 0.900. The van der Waals surface area contributed by atoms with Crippen LogP contribution in [0.15, 0.2) is 199 Å². The van der Waals surface area contributed by atoms with E-state index in [1.807, 2.05) is 6.07 Å². The molecule has 0 atom stereocenters. The van der Waals surface area contributed by atoms with Crippen molar-refractivity contribution >= 4 is 60.8 Å². The molecule has 0 aliphatic carbocycles. The zero-order valence-corrected chi connectivity index (χ0v) is 27.8. The van der Waals surface area contributed by atoms with Crippen molar-refractivity contribution in [3.63, 3.8) is 0 Å². The van der Waals surface area contributed by atoms with Gasteiger partial charge in [-0.25, -0.2) is 0 Å². The molecule has 0 bridgehead atoms. The Morgan fingerprint density at radius 1 is 0.373 bits per heavy atom. The minimum atomic E-state index is 0.900. The second kappa shape index (κ2) is 11.9. The van der Waals surface area contributed by atoms with Crippen LogP contribution in [0.3, 0.4) is 0 Å². The Kier molecular flexibility index (Phi) is 6.81. The van der Waals surface area contributed by atoms with Crippen LogP contribution in [-0.4, -0.2) is 4.57 Å². The van der Waals surface area contributed by atoms with Gasteiger partial charge in [-0.05, 0) is 95.1 Å². The van der Waals surface area contributed by atoms with Crippen LogP contribution in [0.4, 0.5) is 17.1 Å². The summed E-state index contributed by atoms with van der Waals surface area (Å²) in [6.45, 7) is 0. The molecule has 0 spiro atoms. The van der Waals surface area contributed by atoms with Gasteiger partial charge in [0, 0.05) is 38.9 Å². The van der Waals surface area contributed by atoms with Crippen LogP contribution >= 0.6 is 0 Å². The first-order valence-electron chi connectivity index (χ1n) is 17.4. The SMILES string of the molecule is c1ccc(-c2ccc(-c3ccc(N(c4ccccc4)c4ccc5c(c4)c4c6oc7ccccc7c6ccc4n5-c4ccccc4)cc3)cc2)cc1. The van der Waals surface area contributed by atoms with Crippen molar-refractivity contribution in [1.29, 1.82) is 0 Å². The maximum Gasteiger partial charge on any atom is 0.145 e. The Balaban J connectivity index is 1.14. The number of aromatic nitrogens is 1. The van der Waals surface area contributed by atoms with E-state index >= 15 is 0 Å². The quantitative estimate of drug-likeness (QED) is 0.178. The number of rotatable bonds is 6. The molecule has 0 aliphatic heterocycles. The summed E-state index contributed by atoms with van der Waals surface area (Å²) in [6.07, 6.45) is 0. The van der Waals surface area contributed by atoms with Crippen LogP contribution in [0.2, 0.25) is 0 Å². The van der Waals surface area contributed by atoms with Crippen LogP contribution in [0.25, 0.3) is 71.7 Å². The lowest BCUT2D eigenvalue weighted by Crippen LogP contribution is -2.09. The van der Waals surface area contributed by atoms with Crippen molar-refractivity contribution in [2.75, 3.05) is 4.90 Å². The summed E-state index contributed by atoms with van der Waals surface area (Å²) in [5, 5.41) is 4.52. The Labute approximate surface area is 295 Å². The summed E-state index contributed by atoms with van der Waals surface area (Å²) in [5.41, 5.74) is 13.3. The first-order valence-corrected chi connectivity index (χ1v) is 17.4. The van der Waals surface area contributed by atoms with Gasteiger partial charge < -0.3 is 13.9 Å². The van der Waals surface area contributed by atoms with Gasteiger partial charge in [0.15, 0.2) is 0 Å². The second-order valence-electron chi connectivity index (χ2n) is 13.0. The molecule has 0 saturated carbocycles. The lowest BCUT2D eigenvalue weighted by Gasteiger charge is -2.26. The Morgan fingerprint density at radius 3 is 1.61 bits per heavy atom. The van der Waals surface area contributed by atoms with E-state index in [4.69, 9.17) is 4.42 Å². The molecule has 0 aliphatic rings. The second-order valence-corrected chi connectivity index (χ2v) is 13.0. The van der Waals surface area contributed by atoms with E-state index in [0.717, 1.165) is 66.5 Å². The van der Waals surface area contributed by atoms with E-state index in [1.165, 1.54) is 22.3 Å². The number of benzene rings is 8. The lowest BCUT2D eigenvalue weighted by atomic mass is 10.00. The molecule has 0 saturated heterocycles. The standard InChI is InChI=1S/C48H32N2O/c1-4-12-33(13-5-1)34-20-22-35(23-21-34)36-24-26-39(27-25-36)49(37-14-6-2-7-15-37)40-28-30-44-43(32-40)47-45(50(44)38-16-8-3-9-17-38)31-29-42-41-18-10-11-19-46(41)51-48(42)47/h1-32H. The number of nitrogens with zero attached hydrogens (tertiary/aromatic N) is 2. The highest BCUT2D eigenvalue weighted by Crippen LogP contribution is 2.44. The van der Waals surface area contributed by atoms with Gasteiger partial charge in [-0.1, -0.05) is 121 Å². The fourth-order valence-corrected chi connectivity index (χ4v) is 7.58. The van der Waals surface area contributed by atoms with Crippen LogP contribution in [0.1, 0.15) is 0 Å². The van der Waals surface area contributed by atoms with E-state index in [1.54, 1.807) is 0 Å². The summed E-state index contributed by atoms with van der Waals surface area (Å²) < 4.78 is 9.01. The van der Waals surface area contributed by atoms with Gasteiger partial charge in [0.2, 0.25) is 0 Å². The molecule has 240 valence electrons. The summed E-state index contributed by atoms with van der Waals surface area (Å²) in [6, 6.07) is 69.0. The molecule has 51 heavy (non-hydrogen) atoms. The van der Waals surface area contributed by atoms with E-state index in [-0.39, 0.29) is 0 Å². The molecular formula is C48H32N2O. The highest BCUT2D eigenvalue weighted by Gasteiger charge is 2.21. The number of hydrogen-bond donors (Lipinski definition) is 0. The van der Waals surface area contributed by atoms with Gasteiger partial charge in [0.1, 0.15) is 11.2 Å². The molecule has 3 heteroatoms. The zero-order valence-electron chi connectivity index (χ0n) is 27.8. The Hall–Kier alpha value is -6.84. The van der Waals surface area contributed by atoms with Crippen LogP contribution in [0.5, 0.6) is 0 Å². The normalized spacial score (nSPS) is 11.5. The summed E-state index contributed by atoms with van der Waals surface area (Å²) in [5.74, 6) is 0. The zero-order chi connectivity index (χ0) is 33.7. The third kappa shape index (κ3) is 4.90. The fourth-order valence-electron chi connectivity index (χ4n) is 7.58. The fraction of sp³-hybridized carbons (Fsp3) is 0. The molecule has 0 fully saturated rings. The number of para-hydroxylation sites is 3. The molecule has 10 rings (SSSR count). The Bertz CT molecular complexity index is 2820. The third-order valence-corrected chi connectivity index (χ3v) is 9.99. The van der Waals surface area contributed by atoms with E-state index in [9.17, 15) is 0 Å². The third-order valence-electron chi connectivity index (χ3n) is 9.99. The molecule has 0 amide bonds. The van der Waals surface area contributed by atoms with Crippen molar-refractivity contribution in [2.24, 2.45) is 0 Å². The molecule has 8 aromatic carbocycles. The first kappa shape index (κ1) is 29.1. The first-order chi connectivity index (χ1) is 25.3. The molecule has 2 aromatic heterocycles. The van der Waals surface area contributed by atoms with Crippen molar-refractivity contribution in [3.05, 3.63) is 194 Å². The maximum atomic E-state index is 6.65. The van der Waals surface area contributed by atoms with Gasteiger partial charge >= 0.3 is 0 Å². The average molecular weight is 653 g/mol. The van der Waals surface area contributed by atoms with Gasteiger partial charge in [-0.15, -0.1) is 0 Å². The van der Waals surface area contributed by atoms with Crippen molar-refractivity contribution in [2.45, 2.75) is 0 Å². The smallest absolute Gasteiger partial charge is 0.145 e. The molecule has 3 nitrogen and oxygen atoms in total. The molecule has 2 heterocycles. The van der Waals surface area contributed by atoms with E-state index in [2.05, 4.69) is 198 Å². The molecule has 0 unspecified atom stereocenters. The maximum absolute atomic E-state index is 6.65.